The molecule has 0 aromatic carbocycles. The Balaban J connectivity index is 2.90. The van der Waals surface area contributed by atoms with E-state index < -0.39 is 0 Å². The van der Waals surface area contributed by atoms with Crippen molar-refractivity contribution in [3.8, 4) is 0 Å². The molecule has 0 aliphatic heterocycles. The minimum atomic E-state index is 0.516. The molecular weight excluding hydrogens is 164 g/mol. The van der Waals surface area contributed by atoms with Crippen LogP contribution in [0.2, 0.25) is 0 Å². The molecule has 1 rings (SSSR count). The van der Waals surface area contributed by atoms with Gasteiger partial charge >= 0.3 is 0 Å². The molecule has 10 heavy (non-hydrogen) atoms. The first-order valence-electron chi connectivity index (χ1n) is 3.11. The highest BCUT2D eigenvalue weighted by Crippen LogP contribution is 2.19. The van der Waals surface area contributed by atoms with Gasteiger partial charge in [0.05, 0.1) is 11.9 Å². The predicted molar refractivity (Wildman–Crippen MR) is 48.3 cm³/mol. The van der Waals surface area contributed by atoms with Gasteiger partial charge in [-0.3, -0.25) is 0 Å². The largest absolute Gasteiger partial charge is 0.200 e. The molecule has 0 radical (unpaired) electrons. The summed E-state index contributed by atoms with van der Waals surface area (Å²) in [7, 11) is 1.33. The molecule has 0 N–H and O–H groups in total. The van der Waals surface area contributed by atoms with Gasteiger partial charge in [0.25, 0.3) is 0 Å². The molecule has 0 saturated carbocycles. The zero-order valence-corrected chi connectivity index (χ0v) is 7.69. The number of aromatic nitrogens is 2. The van der Waals surface area contributed by atoms with Crippen LogP contribution in [0.15, 0.2) is 12.3 Å². The van der Waals surface area contributed by atoms with Crippen LogP contribution in [-0.2, 0) is 0 Å². The lowest BCUT2D eigenvalue weighted by Gasteiger charge is -2.04. The van der Waals surface area contributed by atoms with Crippen molar-refractivity contribution in [3.63, 3.8) is 0 Å². The van der Waals surface area contributed by atoms with Gasteiger partial charge in [-0.15, -0.1) is 0 Å². The van der Waals surface area contributed by atoms with E-state index in [0.29, 0.717) is 5.92 Å². The first-order valence-corrected chi connectivity index (χ1v) is 4.94. The first kappa shape index (κ1) is 8.01. The Morgan fingerprint density at radius 2 is 2.40 bits per heavy atom. The third kappa shape index (κ3) is 1.49. The Labute approximate surface area is 69.9 Å². The molecule has 4 heteroatoms. The molecule has 0 bridgehead atoms. The third-order valence-corrected chi connectivity index (χ3v) is 2.23. The molecule has 2 nitrogen and oxygen atoms in total. The average molecular weight is 174 g/mol. The molecule has 0 unspecified atom stereocenters. The summed E-state index contributed by atoms with van der Waals surface area (Å²) in [6, 6.07) is 2.01. The molecular formula is C6H10N2S2. The van der Waals surface area contributed by atoms with Gasteiger partial charge in [-0.1, -0.05) is 25.5 Å². The molecule has 0 saturated heterocycles. The summed E-state index contributed by atoms with van der Waals surface area (Å²) in [4.78, 5) is 0. The van der Waals surface area contributed by atoms with E-state index in [-0.39, 0.29) is 0 Å². The van der Waals surface area contributed by atoms with Crippen LogP contribution >= 0.6 is 22.6 Å². The molecule has 0 aliphatic rings. The lowest BCUT2D eigenvalue weighted by Crippen LogP contribution is -1.95. The van der Waals surface area contributed by atoms with Gasteiger partial charge in [0, 0.05) is 11.0 Å². The number of hydrogen-bond acceptors (Lipinski definition) is 3. The Kier molecular flexibility index (Phi) is 2.68. The van der Waals surface area contributed by atoms with Crippen molar-refractivity contribution < 1.29 is 0 Å². The van der Waals surface area contributed by atoms with E-state index in [9.17, 15) is 0 Å². The summed E-state index contributed by atoms with van der Waals surface area (Å²) in [5.41, 5.74) is 1.21. The van der Waals surface area contributed by atoms with Crippen LogP contribution in [-0.4, -0.2) is 9.19 Å². The van der Waals surface area contributed by atoms with Crippen molar-refractivity contribution in [3.05, 3.63) is 18.0 Å². The fraction of sp³-hybridized carbons (Fsp3) is 0.500. The van der Waals surface area contributed by atoms with E-state index in [4.69, 9.17) is 0 Å². The summed E-state index contributed by atoms with van der Waals surface area (Å²) < 4.78 is 1.81. The normalized spacial score (nSPS) is 10.8. The molecule has 1 aromatic rings. The maximum absolute atomic E-state index is 4.06. The molecule has 0 aliphatic carbocycles. The van der Waals surface area contributed by atoms with Gasteiger partial charge < -0.3 is 0 Å². The van der Waals surface area contributed by atoms with E-state index in [1.807, 2.05) is 10.2 Å². The monoisotopic (exact) mass is 174 g/mol. The van der Waals surface area contributed by atoms with Gasteiger partial charge in [0.15, 0.2) is 0 Å². The van der Waals surface area contributed by atoms with E-state index >= 15 is 0 Å². The summed E-state index contributed by atoms with van der Waals surface area (Å²) >= 11 is 4.06. The smallest absolute Gasteiger partial charge is 0.0548 e. The van der Waals surface area contributed by atoms with E-state index in [0.717, 1.165) is 0 Å². The van der Waals surface area contributed by atoms with Crippen LogP contribution < -0.4 is 0 Å². The van der Waals surface area contributed by atoms with Crippen molar-refractivity contribution in [2.75, 3.05) is 0 Å². The second kappa shape index (κ2) is 3.34. The zero-order valence-electron chi connectivity index (χ0n) is 5.98. The number of nitrogens with zero attached hydrogens (tertiary/aromatic N) is 2. The van der Waals surface area contributed by atoms with E-state index in [2.05, 4.69) is 30.6 Å². The fourth-order valence-corrected chi connectivity index (χ4v) is 1.65. The zero-order chi connectivity index (χ0) is 7.56. The number of hydrogen-bond donors (Lipinski definition) is 1. The van der Waals surface area contributed by atoms with Gasteiger partial charge in [-0.05, 0) is 12.0 Å². The second-order valence-electron chi connectivity index (χ2n) is 2.37. The van der Waals surface area contributed by atoms with Gasteiger partial charge in [0.1, 0.15) is 0 Å². The topological polar surface area (TPSA) is 17.8 Å². The van der Waals surface area contributed by atoms with Crippen molar-refractivity contribution in [1.29, 1.82) is 0 Å². The fourth-order valence-electron chi connectivity index (χ4n) is 0.782. The van der Waals surface area contributed by atoms with Gasteiger partial charge in [-0.25, -0.2) is 4.09 Å². The lowest BCUT2D eigenvalue weighted by molar-refractivity contribution is 0.788. The highest BCUT2D eigenvalue weighted by atomic mass is 33.1. The first-order chi connectivity index (χ1) is 4.75. The Bertz CT molecular complexity index is 207. The van der Waals surface area contributed by atoms with Crippen LogP contribution in [0.25, 0.3) is 0 Å². The second-order valence-corrected chi connectivity index (χ2v) is 3.36. The molecule has 0 atom stereocenters. The highest BCUT2D eigenvalue weighted by Gasteiger charge is 2.04. The van der Waals surface area contributed by atoms with Crippen molar-refractivity contribution in [2.24, 2.45) is 0 Å². The van der Waals surface area contributed by atoms with Crippen LogP contribution in [0, 0.1) is 0 Å². The highest BCUT2D eigenvalue weighted by molar-refractivity contribution is 8.67. The summed E-state index contributed by atoms with van der Waals surface area (Å²) in [5.74, 6) is 0.516. The molecule has 1 aromatic heterocycles. The van der Waals surface area contributed by atoms with Crippen molar-refractivity contribution >= 4 is 22.6 Å². The molecule has 0 spiro atoms. The maximum atomic E-state index is 4.06. The lowest BCUT2D eigenvalue weighted by atomic mass is 10.1. The standard InChI is InChI=1S/C6H10N2S2/c1-5(2)6-3-4-7-8(6)10-9/h3-5,9H,1-2H3. The Morgan fingerprint density at radius 3 is 2.80 bits per heavy atom. The molecule has 1 heterocycles. The minimum absolute atomic E-state index is 0.516. The van der Waals surface area contributed by atoms with Crippen molar-refractivity contribution in [2.45, 2.75) is 19.8 Å². The molecule has 0 fully saturated rings. The summed E-state index contributed by atoms with van der Waals surface area (Å²) in [5, 5.41) is 4.06. The number of rotatable bonds is 2. The van der Waals surface area contributed by atoms with Crippen molar-refractivity contribution in [1.82, 2.24) is 9.19 Å². The Hall–Kier alpha value is -0.0900. The van der Waals surface area contributed by atoms with E-state index in [1.54, 1.807) is 6.20 Å². The Morgan fingerprint density at radius 1 is 1.70 bits per heavy atom. The van der Waals surface area contributed by atoms with Crippen LogP contribution in [0.3, 0.4) is 0 Å². The van der Waals surface area contributed by atoms with E-state index in [1.165, 1.54) is 16.7 Å². The van der Waals surface area contributed by atoms with Crippen LogP contribution in [0.4, 0.5) is 0 Å². The third-order valence-electron chi connectivity index (χ3n) is 1.31. The van der Waals surface area contributed by atoms with Crippen LogP contribution in [0.5, 0.6) is 0 Å². The number of thiol groups is 1. The van der Waals surface area contributed by atoms with Gasteiger partial charge in [0.2, 0.25) is 0 Å². The minimum Gasteiger partial charge on any atom is -0.200 e. The van der Waals surface area contributed by atoms with Gasteiger partial charge in [-0.2, -0.15) is 5.10 Å². The van der Waals surface area contributed by atoms with Crippen LogP contribution in [0.1, 0.15) is 25.5 Å². The quantitative estimate of drug-likeness (QED) is 0.548. The molecule has 0 amide bonds. The summed E-state index contributed by atoms with van der Waals surface area (Å²) in [6.07, 6.45) is 1.79. The average Bonchev–Trinajstić information content (AvgIpc) is 2.33. The predicted octanol–water partition coefficient (Wildman–Crippen LogP) is 2.35. The SMILES string of the molecule is CC(C)c1ccnn1SS. The molecule has 56 valence electrons. The summed E-state index contributed by atoms with van der Waals surface area (Å²) in [6.45, 7) is 4.27. The maximum Gasteiger partial charge on any atom is 0.0548 e.